The molecule has 1 aromatic rings. The van der Waals surface area contributed by atoms with Crippen molar-refractivity contribution in [2.24, 2.45) is 11.7 Å². The Morgan fingerprint density at radius 3 is 2.24 bits per heavy atom. The lowest BCUT2D eigenvalue weighted by Gasteiger charge is -2.35. The van der Waals surface area contributed by atoms with Gasteiger partial charge in [0.1, 0.15) is 17.2 Å². The Bertz CT molecular complexity index is 454. The van der Waals surface area contributed by atoms with E-state index in [1.54, 1.807) is 21.3 Å². The van der Waals surface area contributed by atoms with Crippen LogP contribution < -0.4 is 19.9 Å². The number of nitrogens with two attached hydrogens (primary N) is 1. The Labute approximate surface area is 127 Å². The van der Waals surface area contributed by atoms with Gasteiger partial charge in [-0.05, 0) is 18.9 Å². The van der Waals surface area contributed by atoms with E-state index in [4.69, 9.17) is 19.9 Å². The van der Waals surface area contributed by atoms with Gasteiger partial charge in [-0.15, -0.1) is 0 Å². The molecule has 1 fully saturated rings. The Kier molecular flexibility index (Phi) is 5.31. The number of piperidine rings is 1. The van der Waals surface area contributed by atoms with Gasteiger partial charge in [0.15, 0.2) is 0 Å². The number of rotatable bonds is 5. The van der Waals surface area contributed by atoms with E-state index in [0.29, 0.717) is 12.0 Å². The molecule has 5 nitrogen and oxygen atoms in total. The third-order valence-corrected chi connectivity index (χ3v) is 4.25. The van der Waals surface area contributed by atoms with Crippen LogP contribution in [0.15, 0.2) is 12.1 Å². The van der Waals surface area contributed by atoms with Gasteiger partial charge in [0.05, 0.1) is 26.9 Å². The normalized spacial score (nSPS) is 22.9. The Hall–Kier alpha value is -1.46. The summed E-state index contributed by atoms with van der Waals surface area (Å²) < 4.78 is 16.3. The molecule has 2 unspecified atom stereocenters. The minimum atomic E-state index is 0.306. The second-order valence-electron chi connectivity index (χ2n) is 5.68. The van der Waals surface area contributed by atoms with E-state index >= 15 is 0 Å². The van der Waals surface area contributed by atoms with Crippen molar-refractivity contribution in [3.8, 4) is 17.2 Å². The SMILES string of the molecule is COc1cc(OC)c(CN2CCC(N)C(C)C2)c(OC)c1. The highest BCUT2D eigenvalue weighted by molar-refractivity contribution is 5.50. The van der Waals surface area contributed by atoms with Crippen LogP contribution in [-0.2, 0) is 6.54 Å². The van der Waals surface area contributed by atoms with Gasteiger partial charge in [-0.2, -0.15) is 0 Å². The number of methoxy groups -OCH3 is 3. The van der Waals surface area contributed by atoms with E-state index in [2.05, 4.69) is 11.8 Å². The first-order valence-electron chi connectivity index (χ1n) is 7.35. The van der Waals surface area contributed by atoms with Gasteiger partial charge in [0.2, 0.25) is 0 Å². The third kappa shape index (κ3) is 3.60. The summed E-state index contributed by atoms with van der Waals surface area (Å²) in [4.78, 5) is 2.40. The third-order valence-electron chi connectivity index (χ3n) is 4.25. The molecular formula is C16H26N2O3. The van der Waals surface area contributed by atoms with Crippen LogP contribution in [-0.4, -0.2) is 45.4 Å². The first kappa shape index (κ1) is 15.9. The number of ether oxygens (including phenoxy) is 3. The highest BCUT2D eigenvalue weighted by Crippen LogP contribution is 2.35. The fourth-order valence-corrected chi connectivity index (χ4v) is 2.85. The van der Waals surface area contributed by atoms with Crippen LogP contribution in [0.25, 0.3) is 0 Å². The van der Waals surface area contributed by atoms with Gasteiger partial charge in [-0.1, -0.05) is 6.92 Å². The Morgan fingerprint density at radius 1 is 1.14 bits per heavy atom. The molecule has 1 aliphatic rings. The molecule has 2 atom stereocenters. The van der Waals surface area contributed by atoms with E-state index in [1.807, 2.05) is 12.1 Å². The minimum absolute atomic E-state index is 0.306. The van der Waals surface area contributed by atoms with Gasteiger partial charge < -0.3 is 19.9 Å². The molecule has 1 saturated heterocycles. The van der Waals surface area contributed by atoms with Crippen molar-refractivity contribution in [1.82, 2.24) is 4.90 Å². The van der Waals surface area contributed by atoms with Crippen LogP contribution in [0, 0.1) is 5.92 Å². The predicted molar refractivity (Wildman–Crippen MR) is 83.1 cm³/mol. The molecule has 0 saturated carbocycles. The molecule has 2 N–H and O–H groups in total. The number of hydrogen-bond donors (Lipinski definition) is 1. The van der Waals surface area contributed by atoms with Crippen molar-refractivity contribution in [2.75, 3.05) is 34.4 Å². The standard InChI is InChI=1S/C16H26N2O3/c1-11-9-18(6-5-14(11)17)10-13-15(20-3)7-12(19-2)8-16(13)21-4/h7-8,11,14H,5-6,9-10,17H2,1-4H3. The maximum Gasteiger partial charge on any atom is 0.130 e. The number of nitrogens with zero attached hydrogens (tertiary/aromatic N) is 1. The van der Waals surface area contributed by atoms with E-state index in [-0.39, 0.29) is 0 Å². The molecule has 0 bridgehead atoms. The average molecular weight is 294 g/mol. The molecule has 2 rings (SSSR count). The van der Waals surface area contributed by atoms with Gasteiger partial charge in [0.25, 0.3) is 0 Å². The van der Waals surface area contributed by atoms with Crippen LogP contribution in [0.4, 0.5) is 0 Å². The molecular weight excluding hydrogens is 268 g/mol. The average Bonchev–Trinajstić information content (AvgIpc) is 2.50. The highest BCUT2D eigenvalue weighted by atomic mass is 16.5. The fourth-order valence-electron chi connectivity index (χ4n) is 2.85. The summed E-state index contributed by atoms with van der Waals surface area (Å²) in [5, 5.41) is 0. The van der Waals surface area contributed by atoms with Crippen LogP contribution in [0.1, 0.15) is 18.9 Å². The first-order chi connectivity index (χ1) is 10.1. The van der Waals surface area contributed by atoms with Crippen molar-refractivity contribution in [1.29, 1.82) is 0 Å². The summed E-state index contributed by atoms with van der Waals surface area (Å²) in [6, 6.07) is 4.11. The Morgan fingerprint density at radius 2 is 1.76 bits per heavy atom. The van der Waals surface area contributed by atoms with Crippen molar-refractivity contribution >= 4 is 0 Å². The maximum absolute atomic E-state index is 6.09. The zero-order valence-electron chi connectivity index (χ0n) is 13.4. The van der Waals surface area contributed by atoms with Crippen molar-refractivity contribution in [3.05, 3.63) is 17.7 Å². The van der Waals surface area contributed by atoms with Gasteiger partial charge in [-0.3, -0.25) is 4.90 Å². The molecule has 0 amide bonds. The molecule has 1 aromatic carbocycles. The zero-order chi connectivity index (χ0) is 15.4. The highest BCUT2D eigenvalue weighted by Gasteiger charge is 2.25. The summed E-state index contributed by atoms with van der Waals surface area (Å²) in [5.41, 5.74) is 7.15. The second kappa shape index (κ2) is 7.00. The summed E-state index contributed by atoms with van der Waals surface area (Å²) in [6.07, 6.45) is 1.03. The lowest BCUT2D eigenvalue weighted by atomic mass is 9.94. The predicted octanol–water partition coefficient (Wildman–Crippen LogP) is 1.88. The molecule has 1 heterocycles. The first-order valence-corrected chi connectivity index (χ1v) is 7.35. The molecule has 0 aliphatic carbocycles. The molecule has 118 valence electrons. The monoisotopic (exact) mass is 294 g/mol. The molecule has 0 spiro atoms. The fraction of sp³-hybridized carbons (Fsp3) is 0.625. The van der Waals surface area contributed by atoms with Crippen LogP contribution >= 0.6 is 0 Å². The zero-order valence-corrected chi connectivity index (χ0v) is 13.4. The Balaban J connectivity index is 2.22. The smallest absolute Gasteiger partial charge is 0.130 e. The molecule has 21 heavy (non-hydrogen) atoms. The molecule has 0 radical (unpaired) electrons. The van der Waals surface area contributed by atoms with Crippen LogP contribution in [0.3, 0.4) is 0 Å². The molecule has 0 aromatic heterocycles. The summed E-state index contributed by atoms with van der Waals surface area (Å²) in [7, 11) is 4.99. The number of benzene rings is 1. The summed E-state index contributed by atoms with van der Waals surface area (Å²) in [6.45, 7) is 5.01. The number of hydrogen-bond acceptors (Lipinski definition) is 5. The molecule has 1 aliphatic heterocycles. The minimum Gasteiger partial charge on any atom is -0.496 e. The van der Waals surface area contributed by atoms with E-state index in [1.165, 1.54) is 0 Å². The van der Waals surface area contributed by atoms with Gasteiger partial charge in [-0.25, -0.2) is 0 Å². The van der Waals surface area contributed by atoms with E-state index in [0.717, 1.165) is 48.9 Å². The topological polar surface area (TPSA) is 57.0 Å². The van der Waals surface area contributed by atoms with E-state index in [9.17, 15) is 0 Å². The molecule has 5 heteroatoms. The quantitative estimate of drug-likeness (QED) is 0.898. The summed E-state index contributed by atoms with van der Waals surface area (Å²) >= 11 is 0. The largest absolute Gasteiger partial charge is 0.496 e. The maximum atomic E-state index is 6.09. The lowest BCUT2D eigenvalue weighted by molar-refractivity contribution is 0.155. The number of likely N-dealkylation sites (tertiary alicyclic amines) is 1. The van der Waals surface area contributed by atoms with Crippen molar-refractivity contribution in [2.45, 2.75) is 25.9 Å². The summed E-state index contributed by atoms with van der Waals surface area (Å²) in [5.74, 6) is 2.85. The van der Waals surface area contributed by atoms with Crippen LogP contribution in [0.5, 0.6) is 17.2 Å². The van der Waals surface area contributed by atoms with Crippen molar-refractivity contribution < 1.29 is 14.2 Å². The van der Waals surface area contributed by atoms with Crippen molar-refractivity contribution in [3.63, 3.8) is 0 Å². The van der Waals surface area contributed by atoms with E-state index < -0.39 is 0 Å². The second-order valence-corrected chi connectivity index (χ2v) is 5.68. The van der Waals surface area contributed by atoms with Crippen LogP contribution in [0.2, 0.25) is 0 Å². The van der Waals surface area contributed by atoms with Gasteiger partial charge in [0, 0.05) is 31.3 Å². The lowest BCUT2D eigenvalue weighted by Crippen LogP contribution is -2.45. The van der Waals surface area contributed by atoms with Gasteiger partial charge >= 0.3 is 0 Å².